The molecule has 0 aromatic heterocycles. The smallest absolute Gasteiger partial charge is 0.874 e. The number of non-ortho nitro benzene ring substituents is 2. The number of carbonyl (C=O) groups is 1. The molecule has 0 aliphatic carbocycles. The summed E-state index contributed by atoms with van der Waals surface area (Å²) in [6, 6.07) is 22.6. The number of nitro benzene ring substituents is 2. The predicted octanol–water partition coefficient (Wildman–Crippen LogP) is 6.00. The van der Waals surface area contributed by atoms with Gasteiger partial charge in [0.25, 0.3) is 17.3 Å². The van der Waals surface area contributed by atoms with Crippen LogP contribution in [0.2, 0.25) is 5.02 Å². The summed E-state index contributed by atoms with van der Waals surface area (Å²) in [5.41, 5.74) is -1.94. The normalized spacial score (nSPS) is 11.8. The van der Waals surface area contributed by atoms with Gasteiger partial charge in [0.15, 0.2) is 0 Å². The zero-order valence-corrected chi connectivity index (χ0v) is 31.9. The van der Waals surface area contributed by atoms with Crippen molar-refractivity contribution in [3.8, 4) is 17.2 Å². The molecule has 0 atom stereocenters. The van der Waals surface area contributed by atoms with Gasteiger partial charge in [0.1, 0.15) is 15.8 Å². The molecule has 0 fully saturated rings. The van der Waals surface area contributed by atoms with E-state index in [1.54, 1.807) is 48.5 Å². The number of fused-ring (bicyclic) bond motifs is 2. The third-order valence-corrected chi connectivity index (χ3v) is 8.90. The zero-order valence-electron chi connectivity index (χ0n) is 29.1. The second kappa shape index (κ2) is 18.3. The minimum Gasteiger partial charge on any atom is -0.874 e. The van der Waals surface area contributed by atoms with Gasteiger partial charge in [0, 0.05) is 40.4 Å². The fraction of sp³-hybridized carbons (Fsp3) is 0.0278. The van der Waals surface area contributed by atoms with Gasteiger partial charge in [-0.25, -0.2) is 8.42 Å². The Balaban J connectivity index is 0.000000257. The molecular formula is C36H21ClCrN7O12S-2. The number of anilines is 1. The first kappa shape index (κ1) is 43.7. The number of rotatable bonds is 9. The number of benzene rings is 6. The molecule has 1 N–H and O–H groups in total. The van der Waals surface area contributed by atoms with Crippen molar-refractivity contribution in [3.63, 3.8) is 0 Å². The Kier molecular flexibility index (Phi) is 13.8. The molecule has 0 saturated carbocycles. The number of nitro groups is 2. The fourth-order valence-corrected chi connectivity index (χ4v) is 5.90. The number of amides is 1. The minimum absolute atomic E-state index is 0. The Morgan fingerprint density at radius 3 is 1.93 bits per heavy atom. The zero-order chi connectivity index (χ0) is 41.6. The number of hydrogen-bond acceptors (Lipinski definition) is 16. The van der Waals surface area contributed by atoms with Crippen LogP contribution in [0.1, 0.15) is 6.92 Å². The van der Waals surface area contributed by atoms with Crippen LogP contribution in [-0.4, -0.2) is 28.7 Å². The van der Waals surface area contributed by atoms with E-state index in [9.17, 15) is 58.4 Å². The van der Waals surface area contributed by atoms with Gasteiger partial charge in [0.05, 0.1) is 42.5 Å². The first-order valence-corrected chi connectivity index (χ1v) is 17.5. The van der Waals surface area contributed by atoms with Gasteiger partial charge in [-0.05, 0) is 29.7 Å². The van der Waals surface area contributed by atoms with Crippen LogP contribution in [-0.2, 0) is 32.3 Å². The van der Waals surface area contributed by atoms with Gasteiger partial charge in [-0.2, -0.15) is 15.3 Å². The SMILES string of the molecule is C/C([O-])=C(/N=Nc1cc([N+](=O)[O-])ccc1[O-])C(=O)Nc1ccccc1Cl.O=[N+]([O-])c1ccc2c(N=Nc3c([O-])ccc4ccccc34)c([O-])cc(S(=O)(=O)[O-])c2c1.[Cr+3]. The number of azo groups is 2. The Morgan fingerprint density at radius 2 is 1.29 bits per heavy atom. The summed E-state index contributed by atoms with van der Waals surface area (Å²) in [5.74, 6) is -3.63. The van der Waals surface area contributed by atoms with Crippen LogP contribution < -0.4 is 25.7 Å². The van der Waals surface area contributed by atoms with Crippen LogP contribution in [0.25, 0.3) is 21.5 Å². The van der Waals surface area contributed by atoms with Crippen molar-refractivity contribution in [2.24, 2.45) is 20.5 Å². The molecule has 19 nitrogen and oxygen atoms in total. The molecule has 0 unspecified atom stereocenters. The summed E-state index contributed by atoms with van der Waals surface area (Å²) in [5, 5.41) is 88.2. The molecule has 0 aliphatic rings. The van der Waals surface area contributed by atoms with E-state index in [0.29, 0.717) is 16.8 Å². The Labute approximate surface area is 342 Å². The van der Waals surface area contributed by atoms with Gasteiger partial charge < -0.3 is 30.3 Å². The summed E-state index contributed by atoms with van der Waals surface area (Å²) in [6.45, 7) is 1.09. The molecule has 6 rings (SSSR count). The maximum atomic E-state index is 12.5. The van der Waals surface area contributed by atoms with Crippen molar-refractivity contribution in [3.05, 3.63) is 140 Å². The van der Waals surface area contributed by atoms with Crippen molar-refractivity contribution in [2.45, 2.75) is 11.8 Å². The van der Waals surface area contributed by atoms with Gasteiger partial charge in [-0.15, -0.1) is 10.9 Å². The van der Waals surface area contributed by atoms with Crippen LogP contribution in [0.3, 0.4) is 0 Å². The molecule has 0 saturated heterocycles. The summed E-state index contributed by atoms with van der Waals surface area (Å²) in [4.78, 5) is 31.7. The van der Waals surface area contributed by atoms with E-state index in [1.165, 1.54) is 12.1 Å². The molecule has 293 valence electrons. The fourth-order valence-electron chi connectivity index (χ4n) is 5.02. The quantitative estimate of drug-likeness (QED) is 0.0437. The summed E-state index contributed by atoms with van der Waals surface area (Å²) in [6.07, 6.45) is 0. The number of nitrogens with one attached hydrogen (secondary N) is 1. The van der Waals surface area contributed by atoms with Crippen LogP contribution in [0.15, 0.2) is 140 Å². The largest absolute Gasteiger partial charge is 3.00 e. The Hall–Kier alpha value is -7.02. The molecule has 1 amide bonds. The van der Waals surface area contributed by atoms with Gasteiger partial charge in [-0.3, -0.25) is 25.0 Å². The number of allylic oxidation sites excluding steroid dienone is 1. The Bertz CT molecular complexity index is 2820. The van der Waals surface area contributed by atoms with Gasteiger partial charge >= 0.3 is 17.4 Å². The molecule has 6 aromatic rings. The molecule has 0 aliphatic heterocycles. The number of halogens is 1. The van der Waals surface area contributed by atoms with Crippen molar-refractivity contribution in [1.82, 2.24) is 0 Å². The van der Waals surface area contributed by atoms with Crippen LogP contribution in [0.4, 0.5) is 34.1 Å². The van der Waals surface area contributed by atoms with E-state index < -0.39 is 65.2 Å². The van der Waals surface area contributed by atoms with E-state index in [4.69, 9.17) is 11.6 Å². The van der Waals surface area contributed by atoms with Crippen molar-refractivity contribution in [2.75, 3.05) is 5.32 Å². The number of hydrogen-bond donors (Lipinski definition) is 1. The first-order valence-electron chi connectivity index (χ1n) is 15.8. The van der Waals surface area contributed by atoms with Crippen molar-refractivity contribution >= 4 is 83.3 Å². The molecule has 58 heavy (non-hydrogen) atoms. The standard InChI is InChI=1S/C20H13N3O7S.C16H13ClN4O5.Cr/c24-16-8-5-11-3-1-2-4-13(11)19(16)21-22-20-14-7-6-12(23(26)27)9-15(14)18(10-17(20)25)31(28,29)30;1-9(22)15(16(24)18-12-5-3-2-4-11(12)17)20-19-13-8-10(21(25)26)6-7-14(13)23;/h1-10,24-25H,(H,28,29,30);2-8,22-23H,1H3,(H,18,24);/q;;+3/p-5/b;15-9-,20-19?;. The average Bonchev–Trinajstić information content (AvgIpc) is 3.16. The van der Waals surface area contributed by atoms with Crippen LogP contribution in [0.5, 0.6) is 17.2 Å². The van der Waals surface area contributed by atoms with E-state index in [-0.39, 0.29) is 61.6 Å². The maximum absolute atomic E-state index is 12.5. The molecule has 0 spiro atoms. The van der Waals surface area contributed by atoms with Crippen molar-refractivity contribution in [1.29, 1.82) is 0 Å². The summed E-state index contributed by atoms with van der Waals surface area (Å²) in [7, 11) is -5.11. The molecule has 0 heterocycles. The monoisotopic (exact) mass is 862 g/mol. The molecule has 1 radical (unpaired) electrons. The second-order valence-corrected chi connectivity index (χ2v) is 13.2. The summed E-state index contributed by atoms with van der Waals surface area (Å²) < 4.78 is 34.8. The molecule has 6 aromatic carbocycles. The molecule has 22 heteroatoms. The van der Waals surface area contributed by atoms with E-state index >= 15 is 0 Å². The van der Waals surface area contributed by atoms with Crippen LogP contribution >= 0.6 is 11.6 Å². The van der Waals surface area contributed by atoms with Gasteiger partial charge in [-0.1, -0.05) is 90.4 Å². The first-order chi connectivity index (χ1) is 27.0. The average molecular weight is 863 g/mol. The predicted molar refractivity (Wildman–Crippen MR) is 195 cm³/mol. The Morgan fingerprint density at radius 1 is 0.707 bits per heavy atom. The van der Waals surface area contributed by atoms with E-state index in [2.05, 4.69) is 25.8 Å². The van der Waals surface area contributed by atoms with Gasteiger partial charge in [0.2, 0.25) is 0 Å². The maximum Gasteiger partial charge on any atom is 3.00 e. The third kappa shape index (κ3) is 10.0. The number of para-hydroxylation sites is 1. The van der Waals surface area contributed by atoms with E-state index in [1.807, 2.05) is 0 Å². The second-order valence-electron chi connectivity index (χ2n) is 11.4. The van der Waals surface area contributed by atoms with Crippen molar-refractivity contribution < 1.29 is 65.4 Å². The minimum atomic E-state index is -5.11. The van der Waals surface area contributed by atoms with Crippen LogP contribution in [0, 0.1) is 20.2 Å². The number of carbonyl (C=O) groups excluding carboxylic acids is 1. The molecule has 0 bridgehead atoms. The molecular weight excluding hydrogens is 842 g/mol. The third-order valence-electron chi connectivity index (χ3n) is 7.69. The van der Waals surface area contributed by atoms with E-state index in [0.717, 1.165) is 43.3 Å². The summed E-state index contributed by atoms with van der Waals surface area (Å²) >= 11 is 5.93. The topological polar surface area (TPSA) is 314 Å². The number of nitrogens with zero attached hydrogens (tertiary/aromatic N) is 6.